The highest BCUT2D eigenvalue weighted by atomic mass is 19.3. The molecule has 0 saturated heterocycles. The second-order valence-electron chi connectivity index (χ2n) is 9.34. The zero-order chi connectivity index (χ0) is 24.7. The number of nitrogens with zero attached hydrogens (tertiary/aromatic N) is 4. The Hall–Kier alpha value is -3.27. The summed E-state index contributed by atoms with van der Waals surface area (Å²) >= 11 is 0. The van der Waals surface area contributed by atoms with E-state index in [0.717, 1.165) is 48.6 Å². The number of H-pyrrole nitrogens is 1. The van der Waals surface area contributed by atoms with Crippen molar-refractivity contribution in [1.29, 1.82) is 0 Å². The summed E-state index contributed by atoms with van der Waals surface area (Å²) in [6.07, 6.45) is 3.30. The van der Waals surface area contributed by atoms with Crippen molar-refractivity contribution in [2.75, 3.05) is 12.4 Å². The minimum absolute atomic E-state index is 0.180. The standard InChI is InChI=1S/C25H30F2N6O2/c1-4-25(34)9-7-16(8-10-25)30-24-31-22-21(23(32-24)35-3)17(12-28-22)15-5-6-18-19(11-15)33(13-20(26)27)14(2)29-18/h5-6,11-12,16,20,34H,4,7-10,13H2,1-3H3,(H2,28,30,31,32)/t16-,25+. The number of anilines is 1. The molecule has 3 heterocycles. The zero-order valence-corrected chi connectivity index (χ0v) is 20.1. The van der Waals surface area contributed by atoms with Crippen molar-refractivity contribution in [1.82, 2.24) is 24.5 Å². The van der Waals surface area contributed by atoms with E-state index in [1.165, 1.54) is 4.57 Å². The van der Waals surface area contributed by atoms with Crippen molar-refractivity contribution in [2.45, 2.75) is 70.6 Å². The third-order valence-electron chi connectivity index (χ3n) is 7.17. The molecule has 0 amide bonds. The molecule has 1 saturated carbocycles. The first kappa shape index (κ1) is 23.5. The Kier molecular flexibility index (Phi) is 6.08. The fourth-order valence-electron chi connectivity index (χ4n) is 5.05. The van der Waals surface area contributed by atoms with Gasteiger partial charge in [-0.15, -0.1) is 0 Å². The van der Waals surface area contributed by atoms with Crippen LogP contribution in [0.25, 0.3) is 33.2 Å². The average molecular weight is 485 g/mol. The van der Waals surface area contributed by atoms with Crippen LogP contribution < -0.4 is 10.1 Å². The highest BCUT2D eigenvalue weighted by Gasteiger charge is 2.32. The van der Waals surface area contributed by atoms with E-state index in [-0.39, 0.29) is 6.04 Å². The Morgan fingerprint density at radius 3 is 2.71 bits per heavy atom. The predicted octanol–water partition coefficient (Wildman–Crippen LogP) is 5.05. The van der Waals surface area contributed by atoms with Crippen LogP contribution in [-0.4, -0.2) is 54.8 Å². The van der Waals surface area contributed by atoms with Gasteiger partial charge in [-0.1, -0.05) is 13.0 Å². The van der Waals surface area contributed by atoms with Gasteiger partial charge in [-0.25, -0.2) is 13.8 Å². The van der Waals surface area contributed by atoms with Gasteiger partial charge in [0.05, 0.1) is 35.7 Å². The maximum atomic E-state index is 13.1. The number of ether oxygens (including phenoxy) is 1. The summed E-state index contributed by atoms with van der Waals surface area (Å²) < 4.78 is 33.5. The fraction of sp³-hybridized carbons (Fsp3) is 0.480. The van der Waals surface area contributed by atoms with E-state index in [2.05, 4.69) is 25.3 Å². The van der Waals surface area contributed by atoms with Gasteiger partial charge in [-0.2, -0.15) is 9.97 Å². The lowest BCUT2D eigenvalue weighted by Crippen LogP contribution is -2.38. The highest BCUT2D eigenvalue weighted by Crippen LogP contribution is 2.37. The molecular formula is C25H30F2N6O2. The molecule has 8 nitrogen and oxygen atoms in total. The minimum Gasteiger partial charge on any atom is -0.480 e. The summed E-state index contributed by atoms with van der Waals surface area (Å²) in [5.74, 6) is 1.44. The second kappa shape index (κ2) is 9.07. The summed E-state index contributed by atoms with van der Waals surface area (Å²) in [7, 11) is 1.56. The molecule has 4 aromatic rings. The van der Waals surface area contributed by atoms with Crippen molar-refractivity contribution < 1.29 is 18.6 Å². The molecule has 1 aromatic carbocycles. The number of hydrogen-bond donors (Lipinski definition) is 3. The fourth-order valence-corrected chi connectivity index (χ4v) is 5.05. The molecule has 5 rings (SSSR count). The lowest BCUT2D eigenvalue weighted by atomic mass is 9.80. The molecule has 0 atom stereocenters. The molecule has 1 fully saturated rings. The second-order valence-corrected chi connectivity index (χ2v) is 9.34. The van der Waals surface area contributed by atoms with E-state index in [1.54, 1.807) is 14.0 Å². The summed E-state index contributed by atoms with van der Waals surface area (Å²) in [4.78, 5) is 16.9. The number of aromatic amines is 1. The topological polar surface area (TPSA) is 101 Å². The number of aryl methyl sites for hydroxylation is 1. The lowest BCUT2D eigenvalue weighted by molar-refractivity contribution is -0.00198. The molecule has 186 valence electrons. The Balaban J connectivity index is 1.48. The molecule has 0 unspecified atom stereocenters. The quantitative estimate of drug-likeness (QED) is 0.339. The Bertz CT molecular complexity index is 1360. The molecule has 1 aliphatic carbocycles. The summed E-state index contributed by atoms with van der Waals surface area (Å²) in [5.41, 5.74) is 3.01. The molecule has 0 aliphatic heterocycles. The van der Waals surface area contributed by atoms with Crippen LogP contribution in [-0.2, 0) is 6.54 Å². The van der Waals surface area contributed by atoms with E-state index in [4.69, 9.17) is 4.74 Å². The molecule has 1 aliphatic rings. The Morgan fingerprint density at radius 1 is 1.26 bits per heavy atom. The molecule has 3 N–H and O–H groups in total. The Labute approximate surface area is 201 Å². The van der Waals surface area contributed by atoms with Gasteiger partial charge in [0, 0.05) is 17.8 Å². The third kappa shape index (κ3) is 4.42. The van der Waals surface area contributed by atoms with E-state index in [0.29, 0.717) is 34.3 Å². The molecular weight excluding hydrogens is 454 g/mol. The van der Waals surface area contributed by atoms with Gasteiger partial charge >= 0.3 is 0 Å². The SMILES string of the molecule is CC[C@]1(O)CC[C@@H](Nc2nc(OC)c3c(-c4ccc5nc(C)n(CC(F)F)c5c4)c[nH]c3n2)CC1. The van der Waals surface area contributed by atoms with Gasteiger partial charge in [-0.3, -0.25) is 0 Å². The van der Waals surface area contributed by atoms with Crippen LogP contribution in [0.15, 0.2) is 24.4 Å². The minimum atomic E-state index is -2.47. The first-order valence-electron chi connectivity index (χ1n) is 12.0. The Morgan fingerprint density at radius 2 is 2.03 bits per heavy atom. The van der Waals surface area contributed by atoms with Crippen molar-refractivity contribution in [2.24, 2.45) is 0 Å². The zero-order valence-electron chi connectivity index (χ0n) is 20.1. The number of alkyl halides is 2. The average Bonchev–Trinajstić information content (AvgIpc) is 3.40. The van der Waals surface area contributed by atoms with Crippen LogP contribution in [0.2, 0.25) is 0 Å². The van der Waals surface area contributed by atoms with Gasteiger partial charge in [0.25, 0.3) is 6.43 Å². The van der Waals surface area contributed by atoms with Crippen LogP contribution >= 0.6 is 0 Å². The van der Waals surface area contributed by atoms with E-state index < -0.39 is 18.6 Å². The first-order chi connectivity index (χ1) is 16.8. The molecule has 0 spiro atoms. The number of fused-ring (bicyclic) bond motifs is 2. The van der Waals surface area contributed by atoms with Gasteiger partial charge in [-0.05, 0) is 56.7 Å². The summed E-state index contributed by atoms with van der Waals surface area (Å²) in [5, 5.41) is 14.6. The highest BCUT2D eigenvalue weighted by molar-refractivity contribution is 5.99. The largest absolute Gasteiger partial charge is 0.480 e. The number of imidazole rings is 1. The van der Waals surface area contributed by atoms with Crippen LogP contribution in [0, 0.1) is 6.92 Å². The molecule has 3 aromatic heterocycles. The number of rotatable bonds is 7. The monoisotopic (exact) mass is 484 g/mol. The number of benzene rings is 1. The maximum absolute atomic E-state index is 13.1. The summed E-state index contributed by atoms with van der Waals surface area (Å²) in [6.45, 7) is 3.34. The maximum Gasteiger partial charge on any atom is 0.256 e. The van der Waals surface area contributed by atoms with Crippen molar-refractivity contribution in [3.63, 3.8) is 0 Å². The number of hydrogen-bond acceptors (Lipinski definition) is 6. The van der Waals surface area contributed by atoms with Crippen LogP contribution in [0.3, 0.4) is 0 Å². The van der Waals surface area contributed by atoms with Crippen LogP contribution in [0.4, 0.5) is 14.7 Å². The number of nitrogens with one attached hydrogen (secondary N) is 2. The van der Waals surface area contributed by atoms with Gasteiger partial charge in [0.1, 0.15) is 11.5 Å². The third-order valence-corrected chi connectivity index (χ3v) is 7.17. The molecule has 0 radical (unpaired) electrons. The van der Waals surface area contributed by atoms with E-state index in [1.807, 2.05) is 31.3 Å². The predicted molar refractivity (Wildman–Crippen MR) is 131 cm³/mol. The molecule has 35 heavy (non-hydrogen) atoms. The van der Waals surface area contributed by atoms with Gasteiger partial charge in [0.2, 0.25) is 11.8 Å². The normalized spacial score (nSPS) is 20.7. The molecule has 10 heteroatoms. The van der Waals surface area contributed by atoms with Gasteiger partial charge in [0.15, 0.2) is 0 Å². The van der Waals surface area contributed by atoms with Crippen LogP contribution in [0.1, 0.15) is 44.9 Å². The van der Waals surface area contributed by atoms with E-state index in [9.17, 15) is 13.9 Å². The first-order valence-corrected chi connectivity index (χ1v) is 12.0. The lowest BCUT2D eigenvalue weighted by Gasteiger charge is -2.35. The number of aromatic nitrogens is 5. The number of halogens is 2. The molecule has 0 bridgehead atoms. The smallest absolute Gasteiger partial charge is 0.256 e. The van der Waals surface area contributed by atoms with Crippen LogP contribution in [0.5, 0.6) is 5.88 Å². The van der Waals surface area contributed by atoms with Crippen molar-refractivity contribution in [3.8, 4) is 17.0 Å². The number of methoxy groups -OCH3 is 1. The number of aliphatic hydroxyl groups is 1. The van der Waals surface area contributed by atoms with Crippen molar-refractivity contribution >= 4 is 28.0 Å². The van der Waals surface area contributed by atoms with Crippen molar-refractivity contribution in [3.05, 3.63) is 30.2 Å². The van der Waals surface area contributed by atoms with Gasteiger partial charge < -0.3 is 24.7 Å². The summed E-state index contributed by atoms with van der Waals surface area (Å²) in [6, 6.07) is 5.79. The van der Waals surface area contributed by atoms with E-state index >= 15 is 0 Å².